The summed E-state index contributed by atoms with van der Waals surface area (Å²) in [5.74, 6) is -0.410. The molecule has 1 aromatic rings. The van der Waals surface area contributed by atoms with Crippen molar-refractivity contribution in [2.45, 2.75) is 26.4 Å². The van der Waals surface area contributed by atoms with Crippen molar-refractivity contribution >= 4 is 21.6 Å². The number of hydrogen-bond acceptors (Lipinski definition) is 3. The molecule has 0 radical (unpaired) electrons. The lowest BCUT2D eigenvalue weighted by atomic mass is 10.2. The number of rotatable bonds is 7. The quantitative estimate of drug-likeness (QED) is 0.819. The summed E-state index contributed by atoms with van der Waals surface area (Å²) in [7, 11) is -3.40. The molecule has 0 bridgehead atoms. The number of halogens is 3. The zero-order chi connectivity index (χ0) is 17.7. The van der Waals surface area contributed by atoms with Gasteiger partial charge < -0.3 is 4.90 Å². The molecule has 0 spiro atoms. The van der Waals surface area contributed by atoms with Crippen molar-refractivity contribution in [2.24, 2.45) is 0 Å². The first-order valence-corrected chi connectivity index (χ1v) is 8.64. The summed E-state index contributed by atoms with van der Waals surface area (Å²) < 4.78 is 63.0. The van der Waals surface area contributed by atoms with Crippen LogP contribution in [0, 0.1) is 0 Å². The monoisotopic (exact) mass is 352 g/mol. The number of anilines is 1. The zero-order valence-corrected chi connectivity index (χ0v) is 13.7. The lowest BCUT2D eigenvalue weighted by Gasteiger charge is -2.22. The normalized spacial score (nSPS) is 12.2. The van der Waals surface area contributed by atoms with Crippen molar-refractivity contribution in [3.8, 4) is 0 Å². The molecule has 130 valence electrons. The van der Waals surface area contributed by atoms with Gasteiger partial charge >= 0.3 is 6.18 Å². The van der Waals surface area contributed by atoms with Gasteiger partial charge in [0.05, 0.1) is 11.3 Å². The van der Waals surface area contributed by atoms with Gasteiger partial charge in [0.2, 0.25) is 15.9 Å². The molecule has 1 aromatic carbocycles. The number of benzene rings is 1. The highest BCUT2D eigenvalue weighted by atomic mass is 32.2. The number of alkyl halides is 3. The van der Waals surface area contributed by atoms with Crippen LogP contribution in [0.3, 0.4) is 0 Å². The minimum Gasteiger partial charge on any atom is -0.311 e. The van der Waals surface area contributed by atoms with Crippen LogP contribution in [0.1, 0.15) is 25.8 Å². The van der Waals surface area contributed by atoms with E-state index in [9.17, 15) is 26.4 Å². The second-order valence-corrected chi connectivity index (χ2v) is 6.85. The van der Waals surface area contributed by atoms with E-state index in [1.54, 1.807) is 6.92 Å². The van der Waals surface area contributed by atoms with E-state index in [1.165, 1.54) is 24.0 Å². The average molecular weight is 352 g/mol. The van der Waals surface area contributed by atoms with E-state index in [0.29, 0.717) is 6.42 Å². The largest absolute Gasteiger partial charge is 0.416 e. The molecule has 0 fully saturated rings. The van der Waals surface area contributed by atoms with Gasteiger partial charge in [0.15, 0.2) is 0 Å². The second kappa shape index (κ2) is 7.78. The van der Waals surface area contributed by atoms with Crippen LogP contribution in [-0.4, -0.2) is 33.2 Å². The summed E-state index contributed by atoms with van der Waals surface area (Å²) in [6, 6.07) is 4.13. The van der Waals surface area contributed by atoms with Gasteiger partial charge in [-0.1, -0.05) is 6.92 Å². The standard InChI is InChI=1S/C14H19F3N2O3S/c1-3-10-23(21,22)18-8-9-19(11(2)20)13-6-4-12(5-7-13)14(15,16)17/h4-7,18H,3,8-10H2,1-2H3. The van der Waals surface area contributed by atoms with Crippen molar-refractivity contribution in [3.05, 3.63) is 29.8 Å². The van der Waals surface area contributed by atoms with E-state index < -0.39 is 21.8 Å². The molecule has 5 nitrogen and oxygen atoms in total. The second-order valence-electron chi connectivity index (χ2n) is 4.93. The van der Waals surface area contributed by atoms with E-state index in [0.717, 1.165) is 12.1 Å². The van der Waals surface area contributed by atoms with Crippen LogP contribution < -0.4 is 9.62 Å². The summed E-state index contributed by atoms with van der Waals surface area (Å²) in [6.45, 7) is 3.01. The van der Waals surface area contributed by atoms with Gasteiger partial charge in [0, 0.05) is 25.7 Å². The number of amides is 1. The first-order chi connectivity index (χ1) is 10.6. The zero-order valence-electron chi connectivity index (χ0n) is 12.9. The predicted molar refractivity (Wildman–Crippen MR) is 81.6 cm³/mol. The lowest BCUT2D eigenvalue weighted by Crippen LogP contribution is -2.38. The summed E-state index contributed by atoms with van der Waals surface area (Å²) >= 11 is 0. The maximum atomic E-state index is 12.5. The molecule has 9 heteroatoms. The fraction of sp³-hybridized carbons (Fsp3) is 0.500. The Morgan fingerprint density at radius 3 is 2.22 bits per heavy atom. The van der Waals surface area contributed by atoms with E-state index >= 15 is 0 Å². The van der Waals surface area contributed by atoms with Crippen molar-refractivity contribution in [1.82, 2.24) is 4.72 Å². The number of carbonyl (C=O) groups is 1. The van der Waals surface area contributed by atoms with E-state index in [1.807, 2.05) is 0 Å². The molecule has 1 amide bonds. The molecule has 0 atom stereocenters. The van der Waals surface area contributed by atoms with Crippen molar-refractivity contribution in [3.63, 3.8) is 0 Å². The minimum absolute atomic E-state index is 0.0110. The van der Waals surface area contributed by atoms with E-state index in [2.05, 4.69) is 4.72 Å². The topological polar surface area (TPSA) is 66.5 Å². The van der Waals surface area contributed by atoms with Crippen molar-refractivity contribution in [2.75, 3.05) is 23.7 Å². The molecule has 23 heavy (non-hydrogen) atoms. The fourth-order valence-corrected chi connectivity index (χ4v) is 3.04. The Morgan fingerprint density at radius 1 is 1.22 bits per heavy atom. The molecular formula is C14H19F3N2O3S. The highest BCUT2D eigenvalue weighted by Gasteiger charge is 2.30. The fourth-order valence-electron chi connectivity index (χ4n) is 1.95. The smallest absolute Gasteiger partial charge is 0.311 e. The first kappa shape index (κ1) is 19.4. The van der Waals surface area contributed by atoms with E-state index in [4.69, 9.17) is 0 Å². The van der Waals surface area contributed by atoms with Gasteiger partial charge in [-0.25, -0.2) is 13.1 Å². The molecule has 0 saturated carbocycles. The Labute approximate surface area is 133 Å². The molecular weight excluding hydrogens is 333 g/mol. The van der Waals surface area contributed by atoms with Crippen LogP contribution in [0.2, 0.25) is 0 Å². The summed E-state index contributed by atoms with van der Waals surface area (Å²) in [6.07, 6.45) is -3.99. The van der Waals surface area contributed by atoms with Gasteiger partial charge in [-0.2, -0.15) is 13.2 Å². The number of nitrogens with zero attached hydrogens (tertiary/aromatic N) is 1. The SMILES string of the molecule is CCCS(=O)(=O)NCCN(C(C)=O)c1ccc(C(F)(F)F)cc1. The molecule has 0 saturated heterocycles. The van der Waals surface area contributed by atoms with Crippen LogP contribution in [0.25, 0.3) is 0 Å². The highest BCUT2D eigenvalue weighted by Crippen LogP contribution is 2.30. The Hall–Kier alpha value is -1.61. The first-order valence-electron chi connectivity index (χ1n) is 6.99. The number of nitrogens with one attached hydrogen (secondary N) is 1. The molecule has 0 heterocycles. The Morgan fingerprint density at radius 2 is 1.78 bits per heavy atom. The molecule has 0 aliphatic carbocycles. The summed E-state index contributed by atoms with van der Waals surface area (Å²) in [5.41, 5.74) is -0.534. The van der Waals surface area contributed by atoms with E-state index in [-0.39, 0.29) is 30.4 Å². The van der Waals surface area contributed by atoms with Crippen LogP contribution >= 0.6 is 0 Å². The van der Waals surface area contributed by atoms with Gasteiger partial charge in [-0.3, -0.25) is 4.79 Å². The molecule has 0 aliphatic heterocycles. The van der Waals surface area contributed by atoms with Crippen molar-refractivity contribution < 1.29 is 26.4 Å². The third kappa shape index (κ3) is 6.19. The number of sulfonamides is 1. The van der Waals surface area contributed by atoms with Crippen LogP contribution in [-0.2, 0) is 21.0 Å². The highest BCUT2D eigenvalue weighted by molar-refractivity contribution is 7.89. The number of carbonyl (C=O) groups excluding carboxylic acids is 1. The molecule has 0 aliphatic rings. The summed E-state index contributed by atoms with van der Waals surface area (Å²) in [4.78, 5) is 12.9. The third-order valence-electron chi connectivity index (χ3n) is 3.02. The Balaban J connectivity index is 2.78. The Bertz CT molecular complexity index is 628. The minimum atomic E-state index is -4.45. The Kier molecular flexibility index (Phi) is 6.57. The third-order valence-corrected chi connectivity index (χ3v) is 4.61. The molecule has 0 aromatic heterocycles. The molecule has 0 unspecified atom stereocenters. The number of hydrogen-bond donors (Lipinski definition) is 1. The van der Waals surface area contributed by atoms with Crippen molar-refractivity contribution in [1.29, 1.82) is 0 Å². The maximum Gasteiger partial charge on any atom is 0.416 e. The van der Waals surface area contributed by atoms with Gasteiger partial charge in [-0.05, 0) is 30.7 Å². The van der Waals surface area contributed by atoms with Crippen LogP contribution in [0.5, 0.6) is 0 Å². The lowest BCUT2D eigenvalue weighted by molar-refractivity contribution is -0.137. The summed E-state index contributed by atoms with van der Waals surface area (Å²) in [5, 5.41) is 0. The van der Waals surface area contributed by atoms with Crippen LogP contribution in [0.15, 0.2) is 24.3 Å². The van der Waals surface area contributed by atoms with Gasteiger partial charge in [0.25, 0.3) is 0 Å². The molecule has 1 rings (SSSR count). The van der Waals surface area contributed by atoms with Gasteiger partial charge in [0.1, 0.15) is 0 Å². The maximum absolute atomic E-state index is 12.5. The average Bonchev–Trinajstić information content (AvgIpc) is 2.42. The van der Waals surface area contributed by atoms with Crippen LogP contribution in [0.4, 0.5) is 18.9 Å². The molecule has 1 N–H and O–H groups in total. The van der Waals surface area contributed by atoms with Gasteiger partial charge in [-0.15, -0.1) is 0 Å². The predicted octanol–water partition coefficient (Wildman–Crippen LogP) is 2.39.